The molecule has 2 saturated heterocycles. The molecule has 0 saturated carbocycles. The molecular weight excluding hydrogens is 238 g/mol. The lowest BCUT2D eigenvalue weighted by Gasteiger charge is -2.41. The van der Waals surface area contributed by atoms with E-state index in [9.17, 15) is 0 Å². The SMILES string of the molecule is CCNC(CCC(C)C)C1CCOC2(CCOC2)C1. The number of nitrogens with one attached hydrogen (secondary N) is 1. The van der Waals surface area contributed by atoms with Gasteiger partial charge in [-0.3, -0.25) is 0 Å². The van der Waals surface area contributed by atoms with Gasteiger partial charge in [0.2, 0.25) is 0 Å². The van der Waals surface area contributed by atoms with Crippen LogP contribution in [0.15, 0.2) is 0 Å². The fraction of sp³-hybridized carbons (Fsp3) is 1.00. The van der Waals surface area contributed by atoms with Crippen LogP contribution in [-0.4, -0.2) is 38.0 Å². The van der Waals surface area contributed by atoms with Gasteiger partial charge in [-0.25, -0.2) is 0 Å². The zero-order valence-corrected chi connectivity index (χ0v) is 12.9. The van der Waals surface area contributed by atoms with Gasteiger partial charge in [0.05, 0.1) is 12.2 Å². The molecule has 3 heteroatoms. The molecule has 0 radical (unpaired) electrons. The van der Waals surface area contributed by atoms with E-state index in [2.05, 4.69) is 26.1 Å². The third-order valence-corrected chi connectivity index (χ3v) is 4.69. The molecule has 3 unspecified atom stereocenters. The molecule has 2 heterocycles. The van der Waals surface area contributed by atoms with Crippen molar-refractivity contribution in [3.8, 4) is 0 Å². The molecule has 112 valence electrons. The maximum atomic E-state index is 6.06. The molecule has 2 fully saturated rings. The van der Waals surface area contributed by atoms with E-state index in [0.29, 0.717) is 6.04 Å². The van der Waals surface area contributed by atoms with E-state index in [0.717, 1.165) is 44.6 Å². The van der Waals surface area contributed by atoms with E-state index >= 15 is 0 Å². The third kappa shape index (κ3) is 4.17. The predicted molar refractivity (Wildman–Crippen MR) is 78.4 cm³/mol. The van der Waals surface area contributed by atoms with Crippen molar-refractivity contribution in [2.45, 2.75) is 64.5 Å². The molecule has 0 aromatic carbocycles. The van der Waals surface area contributed by atoms with E-state index in [-0.39, 0.29) is 5.60 Å². The van der Waals surface area contributed by atoms with Crippen molar-refractivity contribution in [3.63, 3.8) is 0 Å². The first-order valence-electron chi connectivity index (χ1n) is 8.10. The summed E-state index contributed by atoms with van der Waals surface area (Å²) in [4.78, 5) is 0. The van der Waals surface area contributed by atoms with Gasteiger partial charge in [0.25, 0.3) is 0 Å². The van der Waals surface area contributed by atoms with Crippen molar-refractivity contribution < 1.29 is 9.47 Å². The lowest BCUT2D eigenvalue weighted by atomic mass is 9.79. The average molecular weight is 269 g/mol. The molecule has 0 amide bonds. The Morgan fingerprint density at radius 1 is 1.26 bits per heavy atom. The molecular formula is C16H31NO2. The molecule has 1 N–H and O–H groups in total. The molecule has 3 nitrogen and oxygen atoms in total. The highest BCUT2D eigenvalue weighted by atomic mass is 16.6. The van der Waals surface area contributed by atoms with Crippen LogP contribution in [-0.2, 0) is 9.47 Å². The van der Waals surface area contributed by atoms with Crippen molar-refractivity contribution in [3.05, 3.63) is 0 Å². The first kappa shape index (κ1) is 15.3. The maximum absolute atomic E-state index is 6.06. The summed E-state index contributed by atoms with van der Waals surface area (Å²) < 4.78 is 11.6. The van der Waals surface area contributed by atoms with Crippen LogP contribution in [0.5, 0.6) is 0 Å². The third-order valence-electron chi connectivity index (χ3n) is 4.69. The van der Waals surface area contributed by atoms with Gasteiger partial charge < -0.3 is 14.8 Å². The standard InChI is InChI=1S/C16H31NO2/c1-4-17-15(6-5-13(2)3)14-7-9-19-16(11-14)8-10-18-12-16/h13-15,17H,4-12H2,1-3H3. The van der Waals surface area contributed by atoms with Crippen LogP contribution in [0.3, 0.4) is 0 Å². The van der Waals surface area contributed by atoms with Gasteiger partial charge in [-0.1, -0.05) is 20.8 Å². The minimum absolute atomic E-state index is 0.0500. The number of hydrogen-bond acceptors (Lipinski definition) is 3. The van der Waals surface area contributed by atoms with Crippen LogP contribution in [0, 0.1) is 11.8 Å². The van der Waals surface area contributed by atoms with Crippen molar-refractivity contribution in [2.75, 3.05) is 26.4 Å². The summed E-state index contributed by atoms with van der Waals surface area (Å²) in [6, 6.07) is 0.661. The minimum Gasteiger partial charge on any atom is -0.378 e. The first-order valence-corrected chi connectivity index (χ1v) is 8.10. The lowest BCUT2D eigenvalue weighted by molar-refractivity contribution is -0.103. The number of hydrogen-bond donors (Lipinski definition) is 1. The zero-order chi connectivity index (χ0) is 13.7. The van der Waals surface area contributed by atoms with Gasteiger partial charge in [-0.15, -0.1) is 0 Å². The summed E-state index contributed by atoms with van der Waals surface area (Å²) in [6.45, 7) is 10.5. The van der Waals surface area contributed by atoms with Crippen molar-refractivity contribution in [1.29, 1.82) is 0 Å². The molecule has 1 spiro atoms. The summed E-state index contributed by atoms with van der Waals surface area (Å²) in [7, 11) is 0. The molecule has 19 heavy (non-hydrogen) atoms. The molecule has 3 atom stereocenters. The van der Waals surface area contributed by atoms with Crippen LogP contribution >= 0.6 is 0 Å². The van der Waals surface area contributed by atoms with Crippen LogP contribution in [0.25, 0.3) is 0 Å². The van der Waals surface area contributed by atoms with Crippen LogP contribution < -0.4 is 5.32 Å². The second kappa shape index (κ2) is 7.05. The predicted octanol–water partition coefficient (Wildman–Crippen LogP) is 2.99. The molecule has 2 aliphatic rings. The highest BCUT2D eigenvalue weighted by Crippen LogP contribution is 2.38. The minimum atomic E-state index is 0.0500. The van der Waals surface area contributed by atoms with Gasteiger partial charge in [0.15, 0.2) is 0 Å². The summed E-state index contributed by atoms with van der Waals surface area (Å²) in [5, 5.41) is 3.72. The molecule has 0 aromatic rings. The Hall–Kier alpha value is -0.120. The summed E-state index contributed by atoms with van der Waals surface area (Å²) in [5.74, 6) is 1.55. The summed E-state index contributed by atoms with van der Waals surface area (Å²) >= 11 is 0. The van der Waals surface area contributed by atoms with E-state index < -0.39 is 0 Å². The quantitative estimate of drug-likeness (QED) is 0.804. The fourth-order valence-electron chi connectivity index (χ4n) is 3.55. The second-order valence-electron chi connectivity index (χ2n) is 6.72. The topological polar surface area (TPSA) is 30.5 Å². The van der Waals surface area contributed by atoms with Crippen molar-refractivity contribution in [1.82, 2.24) is 5.32 Å². The Balaban J connectivity index is 1.91. The normalized spacial score (nSPS) is 33.2. The largest absolute Gasteiger partial charge is 0.378 e. The summed E-state index contributed by atoms with van der Waals surface area (Å²) in [5.41, 5.74) is 0.0500. The van der Waals surface area contributed by atoms with E-state index in [4.69, 9.17) is 9.47 Å². The fourth-order valence-corrected chi connectivity index (χ4v) is 3.55. The van der Waals surface area contributed by atoms with Crippen LogP contribution in [0.2, 0.25) is 0 Å². The zero-order valence-electron chi connectivity index (χ0n) is 12.9. The second-order valence-corrected chi connectivity index (χ2v) is 6.72. The maximum Gasteiger partial charge on any atom is 0.0939 e. The number of rotatable bonds is 6. The van der Waals surface area contributed by atoms with Crippen LogP contribution in [0.1, 0.15) is 52.9 Å². The smallest absolute Gasteiger partial charge is 0.0939 e. The average Bonchev–Trinajstić information content (AvgIpc) is 2.82. The van der Waals surface area contributed by atoms with Gasteiger partial charge in [-0.2, -0.15) is 0 Å². The van der Waals surface area contributed by atoms with E-state index in [1.165, 1.54) is 25.7 Å². The first-order chi connectivity index (χ1) is 9.15. The highest BCUT2D eigenvalue weighted by Gasteiger charge is 2.42. The Kier molecular flexibility index (Phi) is 5.67. The number of ether oxygens (including phenoxy) is 2. The molecule has 0 bridgehead atoms. The lowest BCUT2D eigenvalue weighted by Crippen LogP contribution is -2.47. The Morgan fingerprint density at radius 2 is 2.11 bits per heavy atom. The van der Waals surface area contributed by atoms with Crippen LogP contribution in [0.4, 0.5) is 0 Å². The Labute approximate surface area is 118 Å². The van der Waals surface area contributed by atoms with Gasteiger partial charge >= 0.3 is 0 Å². The molecule has 0 aromatic heterocycles. The molecule has 2 rings (SSSR count). The van der Waals surface area contributed by atoms with E-state index in [1.54, 1.807) is 0 Å². The summed E-state index contributed by atoms with van der Waals surface area (Å²) in [6.07, 6.45) is 6.10. The van der Waals surface area contributed by atoms with Crippen molar-refractivity contribution >= 4 is 0 Å². The molecule has 2 aliphatic heterocycles. The monoisotopic (exact) mass is 269 g/mol. The Morgan fingerprint density at radius 3 is 2.74 bits per heavy atom. The van der Waals surface area contributed by atoms with Gasteiger partial charge in [0, 0.05) is 25.7 Å². The van der Waals surface area contributed by atoms with E-state index in [1.807, 2.05) is 0 Å². The van der Waals surface area contributed by atoms with Gasteiger partial charge in [0.1, 0.15) is 0 Å². The highest BCUT2D eigenvalue weighted by molar-refractivity contribution is 4.93. The van der Waals surface area contributed by atoms with Gasteiger partial charge in [-0.05, 0) is 44.1 Å². The molecule has 0 aliphatic carbocycles. The van der Waals surface area contributed by atoms with Crippen molar-refractivity contribution in [2.24, 2.45) is 11.8 Å². The Bertz CT molecular complexity index is 261.